The van der Waals surface area contributed by atoms with Crippen LogP contribution in [0.3, 0.4) is 0 Å². The van der Waals surface area contributed by atoms with E-state index in [4.69, 9.17) is 40.1 Å². The number of aryl methyl sites for hydroxylation is 7. The number of benzene rings is 4. The van der Waals surface area contributed by atoms with Crippen LogP contribution in [0.15, 0.2) is 163 Å². The first-order chi connectivity index (χ1) is 60.4. The van der Waals surface area contributed by atoms with Gasteiger partial charge in [0.15, 0.2) is 46.5 Å². The average molecular weight is 1730 g/mol. The molecule has 38 heteroatoms. The molecule has 0 saturated carbocycles. The van der Waals surface area contributed by atoms with Crippen LogP contribution in [-0.2, 0) is 35.0 Å². The first kappa shape index (κ1) is 63.6. The molecule has 18 rings (SSSR count). The monoisotopic (exact) mass is 1720 g/mol. The molecule has 4 aromatic carbocycles. The Morgan fingerprint density at radius 2 is 0.707 bits per heavy atom. The van der Waals surface area contributed by atoms with E-state index in [0.29, 0.717) is 132 Å². The van der Waals surface area contributed by atoms with E-state index in [9.17, 15) is 45.5 Å². The largest absolute Gasteiger partial charge is 0.496 e. The van der Waals surface area contributed by atoms with Crippen LogP contribution in [0, 0.1) is 54.6 Å². The number of imidazole rings is 4. The molecule has 0 spiro atoms. The lowest BCUT2D eigenvalue weighted by Crippen LogP contribution is -2.22. The number of ether oxygens (including phenoxy) is 5. The third-order valence-electron chi connectivity index (χ3n) is 18.6. The molecule has 0 fully saturated rings. The van der Waals surface area contributed by atoms with E-state index in [1.165, 1.54) is 53.2 Å². The predicted molar refractivity (Wildman–Crippen MR) is 424 cm³/mol. The summed E-state index contributed by atoms with van der Waals surface area (Å²) in [5.41, 5.74) is -1.07. The molecule has 0 amide bonds. The quantitative estimate of drug-likeness (QED) is 0.118. The molecule has 0 aliphatic carbocycles. The van der Waals surface area contributed by atoms with Gasteiger partial charge in [0.05, 0.1) is 200 Å². The number of pyridine rings is 8. The Morgan fingerprint density at radius 3 is 1.06 bits per heavy atom. The SMILES string of the molecule is COc1cc2ncc3[nH]c(=O)n(-c4c(F)cncc4F)c3c2cc1Br.[2H]C([2H])([2H])Oc1cncc(F)c1-n1c(=O)n(C([2H])([2H])[2H])c2cnc3cc(OC)c(-c4cn(C)nc4C)cc3c21.[2H]C([2H])([2H])n1c(=O)n(-c2c(F)cncc2F)c2c3cc(-c4cn(C)nc4C)c(OC)cc3ncc21.[2H]C([2H])([2H])n1c(=O)n(-c2c(F)cncc2F)c2c3cc(Br)c(OC)cc3ncc21. The molecule has 14 heterocycles. The van der Waals surface area contributed by atoms with Gasteiger partial charge in [0.2, 0.25) is 0 Å². The van der Waals surface area contributed by atoms with Gasteiger partial charge in [0.1, 0.15) is 45.7 Å². The molecular weight excluding hydrogens is 1650 g/mol. The topological polar surface area (TPSA) is 303 Å². The lowest BCUT2D eigenvalue weighted by Gasteiger charge is -2.13. The summed E-state index contributed by atoms with van der Waals surface area (Å²) in [7, 11) is 6.41. The van der Waals surface area contributed by atoms with Gasteiger partial charge in [-0.2, -0.15) is 10.2 Å². The Morgan fingerprint density at radius 1 is 0.379 bits per heavy atom. The number of hydrogen-bond donors (Lipinski definition) is 1. The van der Waals surface area contributed by atoms with Crippen molar-refractivity contribution < 1.29 is 70.9 Å². The van der Waals surface area contributed by atoms with Gasteiger partial charge in [0.25, 0.3) is 0 Å². The maximum atomic E-state index is 15.4. The molecule has 14 aromatic heterocycles. The van der Waals surface area contributed by atoms with Crippen LogP contribution in [0.25, 0.3) is 133 Å². The zero-order chi connectivity index (χ0) is 92.5. The standard InChI is InChI=1S/C23H21FN6O3.C22H18F2N6O2.C17H11BrF2N4O2.C16H9BrF2N4O2/c1-12-15(11-28(2)27-12)13-6-14-17(7-19(13)32-4)26-9-18-21(14)30(23(31)29(18)3)22-16(24)8-25-10-20(22)33-5;1-11-14(10-28(2)27-11)12-5-13-17(6-19(12)32-4)26-9-18-20(13)30(22(31)29(18)3)21-15(23)7-25-8-16(21)24;1-23-13-7-22-12-4-14(26-2)9(18)3-8(12)15(13)24(17(23)25)16-10(19)5-21-6-11(16)20;1-25-13-3-11-7(2-8(13)17)14-12(6-21-11)22-16(24)23(14)15-9(18)4-20-5-10(15)19/h6-11H,1-5H3;5-10H,1-4H3;3-7H,1-2H3;2-6H,1H3,(H,22,24)/i3D3,5D3;3D3;1D3;. The highest BCUT2D eigenvalue weighted by molar-refractivity contribution is 9.11. The number of nitrogens with one attached hydrogen (secondary N) is 1. The van der Waals surface area contributed by atoms with Crippen molar-refractivity contribution in [1.29, 1.82) is 0 Å². The summed E-state index contributed by atoms with van der Waals surface area (Å²) in [5, 5.41) is 10.1. The van der Waals surface area contributed by atoms with Crippen molar-refractivity contribution in [2.45, 2.75) is 13.8 Å². The van der Waals surface area contributed by atoms with E-state index in [1.54, 1.807) is 98.2 Å². The fourth-order valence-electron chi connectivity index (χ4n) is 13.6. The van der Waals surface area contributed by atoms with Gasteiger partial charge < -0.3 is 28.7 Å². The minimum Gasteiger partial charge on any atom is -0.496 e. The lowest BCUT2D eigenvalue weighted by molar-refractivity contribution is 0.406. The van der Waals surface area contributed by atoms with Crippen LogP contribution in [-0.4, -0.2) is 132 Å². The van der Waals surface area contributed by atoms with E-state index in [0.717, 1.165) is 58.7 Å². The van der Waals surface area contributed by atoms with Crippen LogP contribution >= 0.6 is 31.9 Å². The second-order valence-electron chi connectivity index (χ2n) is 25.3. The second kappa shape index (κ2) is 30.2. The number of hydrogen-bond acceptors (Lipinski definition) is 19. The average Bonchev–Trinajstić information content (AvgIpc) is 1.59. The van der Waals surface area contributed by atoms with Gasteiger partial charge in [-0.05, 0) is 70.0 Å². The van der Waals surface area contributed by atoms with E-state index in [1.807, 2.05) is 0 Å². The smallest absolute Gasteiger partial charge is 0.333 e. The fourth-order valence-corrected chi connectivity index (χ4v) is 14.6. The van der Waals surface area contributed by atoms with Crippen LogP contribution in [0.2, 0.25) is 0 Å². The minimum absolute atomic E-state index is 0.0107. The molecule has 116 heavy (non-hydrogen) atoms. The van der Waals surface area contributed by atoms with E-state index in [-0.39, 0.29) is 43.9 Å². The number of rotatable bonds is 11. The molecule has 0 unspecified atom stereocenters. The summed E-state index contributed by atoms with van der Waals surface area (Å²) < 4.78 is 231. The zero-order valence-corrected chi connectivity index (χ0v) is 63.9. The lowest BCUT2D eigenvalue weighted by atomic mass is 10.0. The molecule has 0 radical (unpaired) electrons. The van der Waals surface area contributed by atoms with Crippen molar-refractivity contribution >= 4 is 120 Å². The molecule has 18 aromatic rings. The van der Waals surface area contributed by atoms with Gasteiger partial charge in [-0.1, -0.05) is 0 Å². The summed E-state index contributed by atoms with van der Waals surface area (Å²) in [5.74, 6) is -6.20. The first-order valence-electron chi connectivity index (χ1n) is 39.5. The highest BCUT2D eigenvalue weighted by Gasteiger charge is 2.29. The number of methoxy groups -OCH3 is 5. The summed E-state index contributed by atoms with van der Waals surface area (Å²) in [6, 6.07) is 12.9. The van der Waals surface area contributed by atoms with Crippen LogP contribution in [0.1, 0.15) is 27.8 Å². The van der Waals surface area contributed by atoms with E-state index < -0.39 is 120 Å². The van der Waals surface area contributed by atoms with Crippen LogP contribution in [0.4, 0.5) is 30.7 Å². The number of fused-ring (bicyclic) bond motifs is 12. The molecule has 29 nitrogen and oxygen atoms in total. The molecular formula is C78H59Br2F7N20O9. The Kier molecular flexibility index (Phi) is 16.6. The summed E-state index contributed by atoms with van der Waals surface area (Å²) in [6.45, 7) is -5.23. The summed E-state index contributed by atoms with van der Waals surface area (Å²) >= 11 is 6.69. The molecule has 588 valence electrons. The van der Waals surface area contributed by atoms with Crippen molar-refractivity contribution in [2.24, 2.45) is 35.0 Å². The third kappa shape index (κ3) is 12.9. The number of halogens is 9. The number of H-pyrrole nitrogens is 1. The maximum Gasteiger partial charge on any atom is 0.333 e. The number of aromatic amines is 1. The molecule has 0 aliphatic heterocycles. The van der Waals surface area contributed by atoms with E-state index in [2.05, 4.69) is 86.9 Å². The Bertz CT molecular complexity index is 7840. The maximum absolute atomic E-state index is 15.4. The van der Waals surface area contributed by atoms with Crippen molar-refractivity contribution in [3.05, 3.63) is 238 Å². The normalized spacial score (nSPS) is 13.4. The van der Waals surface area contributed by atoms with Crippen LogP contribution in [0.5, 0.6) is 28.7 Å². The summed E-state index contributed by atoms with van der Waals surface area (Å²) in [6.07, 6.45) is 14.9. The molecule has 0 aliphatic rings. The van der Waals surface area contributed by atoms with Gasteiger partial charge in [-0.25, -0.2) is 49.9 Å². The van der Waals surface area contributed by atoms with Gasteiger partial charge in [-0.15, -0.1) is 0 Å². The highest BCUT2D eigenvalue weighted by Crippen LogP contribution is 2.42. The van der Waals surface area contributed by atoms with Crippen molar-refractivity contribution in [1.82, 2.24) is 96.4 Å². The Labute approximate surface area is 680 Å². The van der Waals surface area contributed by atoms with Crippen molar-refractivity contribution in [3.63, 3.8) is 0 Å². The minimum atomic E-state index is -3.02. The van der Waals surface area contributed by atoms with Gasteiger partial charge >= 0.3 is 22.8 Å². The molecule has 0 atom stereocenters. The Balaban J connectivity index is 0.000000133. The number of aromatic nitrogens is 20. The van der Waals surface area contributed by atoms with Crippen molar-refractivity contribution in [3.8, 4) is 73.8 Å². The van der Waals surface area contributed by atoms with Crippen LogP contribution < -0.4 is 46.4 Å². The first-order valence-corrected chi connectivity index (χ1v) is 35.1. The van der Waals surface area contributed by atoms with Crippen molar-refractivity contribution in [2.75, 3.05) is 35.5 Å². The summed E-state index contributed by atoms with van der Waals surface area (Å²) in [4.78, 5) is 86.2. The highest BCUT2D eigenvalue weighted by atomic mass is 79.9. The molecule has 0 saturated heterocycles. The third-order valence-corrected chi connectivity index (χ3v) is 19.9. The van der Waals surface area contributed by atoms with E-state index >= 15 is 4.39 Å². The second-order valence-corrected chi connectivity index (χ2v) is 27.0. The van der Waals surface area contributed by atoms with Gasteiger partial charge in [0, 0.05) is 128 Å². The molecule has 0 bridgehead atoms. The molecule has 1 N–H and O–H groups in total. The predicted octanol–water partition coefficient (Wildman–Crippen LogP) is 13.0. The zero-order valence-electron chi connectivity index (χ0n) is 72.8. The number of nitrogens with zero attached hydrogens (tertiary/aromatic N) is 19. The Hall–Kier alpha value is -13.9. The fraction of sp³-hybridized carbons (Fsp3) is 0.154. The van der Waals surface area contributed by atoms with Gasteiger partial charge in [-0.3, -0.25) is 81.2 Å².